The van der Waals surface area contributed by atoms with E-state index in [9.17, 15) is 4.79 Å². The fourth-order valence-electron chi connectivity index (χ4n) is 2.30. The Kier molecular flexibility index (Phi) is 3.51. The molecule has 0 aromatic carbocycles. The number of nitrogens with two attached hydrogens (primary N) is 1. The van der Waals surface area contributed by atoms with Gasteiger partial charge in [0.25, 0.3) is 5.91 Å². The molecule has 0 atom stereocenters. The lowest BCUT2D eigenvalue weighted by atomic mass is 10.2. The Labute approximate surface area is 114 Å². The van der Waals surface area contributed by atoms with Gasteiger partial charge in [-0.15, -0.1) is 0 Å². The molecule has 0 saturated heterocycles. The number of carbonyl (C=O) groups excluding carboxylic acids is 1. The Morgan fingerprint density at radius 3 is 2.26 bits per heavy atom. The number of hydrogen-bond acceptors (Lipinski definition) is 3. The summed E-state index contributed by atoms with van der Waals surface area (Å²) in [6.07, 6.45) is 6.80. The summed E-state index contributed by atoms with van der Waals surface area (Å²) < 4.78 is 0. The van der Waals surface area contributed by atoms with Crippen molar-refractivity contribution in [1.29, 1.82) is 0 Å². The molecule has 0 radical (unpaired) electrons. The van der Waals surface area contributed by atoms with Crippen LogP contribution in [0, 0.1) is 11.8 Å². The molecular weight excluding hydrogens is 238 g/mol. The Balaban J connectivity index is 1.69. The van der Waals surface area contributed by atoms with Crippen LogP contribution in [0.1, 0.15) is 41.7 Å². The lowest BCUT2D eigenvalue weighted by Gasteiger charge is -2.22. The first-order valence-corrected chi connectivity index (χ1v) is 7.20. The molecule has 2 aliphatic carbocycles. The molecule has 2 N–H and O–H groups in total. The molecule has 1 aromatic heterocycles. The van der Waals surface area contributed by atoms with Crippen molar-refractivity contribution in [3.8, 4) is 0 Å². The van der Waals surface area contributed by atoms with Gasteiger partial charge in [-0.05, 0) is 49.1 Å². The standard InChI is InChI=1S/C15H21N3O/c16-7-13-5-6-14(17-8-13)15(19)18(9-11-1-2-11)10-12-3-4-12/h5-6,8,11-12H,1-4,7,9-10,16H2. The highest BCUT2D eigenvalue weighted by Gasteiger charge is 2.32. The first kappa shape index (κ1) is 12.6. The minimum absolute atomic E-state index is 0.0855. The second-order valence-corrected chi connectivity index (χ2v) is 5.85. The molecule has 1 heterocycles. The highest BCUT2D eigenvalue weighted by molar-refractivity contribution is 5.92. The summed E-state index contributed by atoms with van der Waals surface area (Å²) in [6.45, 7) is 2.29. The van der Waals surface area contributed by atoms with E-state index >= 15 is 0 Å². The molecule has 0 aliphatic heterocycles. The molecule has 2 fully saturated rings. The highest BCUT2D eigenvalue weighted by atomic mass is 16.2. The number of nitrogens with zero attached hydrogens (tertiary/aromatic N) is 2. The number of hydrogen-bond donors (Lipinski definition) is 1. The van der Waals surface area contributed by atoms with Gasteiger partial charge in [0.15, 0.2) is 0 Å². The van der Waals surface area contributed by atoms with Crippen molar-refractivity contribution in [3.63, 3.8) is 0 Å². The van der Waals surface area contributed by atoms with Crippen LogP contribution in [0.5, 0.6) is 0 Å². The van der Waals surface area contributed by atoms with E-state index in [2.05, 4.69) is 4.98 Å². The molecule has 4 heteroatoms. The molecule has 3 rings (SSSR count). The van der Waals surface area contributed by atoms with Gasteiger partial charge in [0, 0.05) is 25.8 Å². The summed E-state index contributed by atoms with van der Waals surface area (Å²) in [5, 5.41) is 0. The Bertz CT molecular complexity index is 435. The molecule has 19 heavy (non-hydrogen) atoms. The van der Waals surface area contributed by atoms with E-state index in [0.717, 1.165) is 30.5 Å². The van der Waals surface area contributed by atoms with Gasteiger partial charge in [0.2, 0.25) is 0 Å². The summed E-state index contributed by atoms with van der Waals surface area (Å²) in [5.41, 5.74) is 7.07. The van der Waals surface area contributed by atoms with Crippen molar-refractivity contribution in [2.24, 2.45) is 17.6 Å². The van der Waals surface area contributed by atoms with Gasteiger partial charge >= 0.3 is 0 Å². The van der Waals surface area contributed by atoms with Crippen LogP contribution in [0.2, 0.25) is 0 Å². The maximum absolute atomic E-state index is 12.5. The van der Waals surface area contributed by atoms with Crippen molar-refractivity contribution in [2.75, 3.05) is 13.1 Å². The molecule has 0 unspecified atom stereocenters. The van der Waals surface area contributed by atoms with Crippen LogP contribution in [-0.4, -0.2) is 28.9 Å². The number of rotatable bonds is 6. The molecule has 2 saturated carbocycles. The molecule has 0 spiro atoms. The second kappa shape index (κ2) is 5.29. The van der Waals surface area contributed by atoms with Crippen molar-refractivity contribution in [3.05, 3.63) is 29.6 Å². The van der Waals surface area contributed by atoms with Gasteiger partial charge in [0.05, 0.1) is 0 Å². The summed E-state index contributed by atoms with van der Waals surface area (Å²) in [4.78, 5) is 18.8. The molecule has 1 aromatic rings. The van der Waals surface area contributed by atoms with E-state index in [1.165, 1.54) is 25.7 Å². The van der Waals surface area contributed by atoms with Crippen LogP contribution in [0.4, 0.5) is 0 Å². The molecule has 2 aliphatic rings. The van der Waals surface area contributed by atoms with Gasteiger partial charge < -0.3 is 10.6 Å². The number of carbonyl (C=O) groups is 1. The fourth-order valence-corrected chi connectivity index (χ4v) is 2.30. The lowest BCUT2D eigenvalue weighted by Crippen LogP contribution is -2.35. The number of aromatic nitrogens is 1. The predicted octanol–water partition coefficient (Wildman–Crippen LogP) is 1.80. The first-order chi connectivity index (χ1) is 9.26. The normalized spacial score (nSPS) is 18.4. The van der Waals surface area contributed by atoms with Crippen LogP contribution < -0.4 is 5.73 Å². The lowest BCUT2D eigenvalue weighted by molar-refractivity contribution is 0.0733. The molecule has 0 bridgehead atoms. The number of amides is 1. The van der Waals surface area contributed by atoms with Crippen LogP contribution >= 0.6 is 0 Å². The third kappa shape index (κ3) is 3.32. The van der Waals surface area contributed by atoms with E-state index in [-0.39, 0.29) is 5.91 Å². The topological polar surface area (TPSA) is 59.2 Å². The summed E-state index contributed by atoms with van der Waals surface area (Å²) in [6, 6.07) is 3.70. The number of pyridine rings is 1. The zero-order valence-electron chi connectivity index (χ0n) is 11.2. The predicted molar refractivity (Wildman–Crippen MR) is 73.5 cm³/mol. The summed E-state index contributed by atoms with van der Waals surface area (Å²) in [7, 11) is 0. The molecule has 4 nitrogen and oxygen atoms in total. The first-order valence-electron chi connectivity index (χ1n) is 7.20. The van der Waals surface area contributed by atoms with Gasteiger partial charge in [0.1, 0.15) is 5.69 Å². The van der Waals surface area contributed by atoms with Crippen molar-refractivity contribution in [1.82, 2.24) is 9.88 Å². The van der Waals surface area contributed by atoms with E-state index in [1.807, 2.05) is 11.0 Å². The van der Waals surface area contributed by atoms with Crippen molar-refractivity contribution < 1.29 is 4.79 Å². The molecule has 1 amide bonds. The van der Waals surface area contributed by atoms with Crippen molar-refractivity contribution in [2.45, 2.75) is 32.2 Å². The average molecular weight is 259 g/mol. The Morgan fingerprint density at radius 2 is 1.84 bits per heavy atom. The van der Waals surface area contributed by atoms with Gasteiger partial charge in [-0.2, -0.15) is 0 Å². The zero-order valence-corrected chi connectivity index (χ0v) is 11.2. The highest BCUT2D eigenvalue weighted by Crippen LogP contribution is 2.34. The van der Waals surface area contributed by atoms with Crippen molar-refractivity contribution >= 4 is 5.91 Å². The fraction of sp³-hybridized carbons (Fsp3) is 0.600. The maximum atomic E-state index is 12.5. The molecular formula is C15H21N3O. The largest absolute Gasteiger partial charge is 0.337 e. The van der Waals surface area contributed by atoms with Crippen LogP contribution in [0.3, 0.4) is 0 Å². The van der Waals surface area contributed by atoms with Crippen LogP contribution in [0.25, 0.3) is 0 Å². The van der Waals surface area contributed by atoms with Crippen LogP contribution in [0.15, 0.2) is 18.3 Å². The quantitative estimate of drug-likeness (QED) is 0.847. The monoisotopic (exact) mass is 259 g/mol. The van der Waals surface area contributed by atoms with E-state index in [0.29, 0.717) is 12.2 Å². The maximum Gasteiger partial charge on any atom is 0.272 e. The average Bonchev–Trinajstić information content (AvgIpc) is 3.32. The summed E-state index contributed by atoms with van der Waals surface area (Å²) >= 11 is 0. The third-order valence-electron chi connectivity index (χ3n) is 3.92. The van der Waals surface area contributed by atoms with E-state index in [4.69, 9.17) is 5.73 Å². The minimum atomic E-state index is 0.0855. The Hall–Kier alpha value is -1.42. The van der Waals surface area contributed by atoms with Gasteiger partial charge in [-0.25, -0.2) is 0 Å². The zero-order chi connectivity index (χ0) is 13.2. The van der Waals surface area contributed by atoms with Crippen LogP contribution in [-0.2, 0) is 6.54 Å². The van der Waals surface area contributed by atoms with E-state index < -0.39 is 0 Å². The third-order valence-corrected chi connectivity index (χ3v) is 3.92. The Morgan fingerprint density at radius 1 is 1.21 bits per heavy atom. The minimum Gasteiger partial charge on any atom is -0.337 e. The summed E-state index contributed by atoms with van der Waals surface area (Å²) in [5.74, 6) is 1.54. The second-order valence-electron chi connectivity index (χ2n) is 5.85. The smallest absolute Gasteiger partial charge is 0.272 e. The molecule has 102 valence electrons. The SMILES string of the molecule is NCc1ccc(C(=O)N(CC2CC2)CC2CC2)nc1. The van der Waals surface area contributed by atoms with E-state index in [1.54, 1.807) is 12.3 Å². The van der Waals surface area contributed by atoms with Gasteiger partial charge in [-0.3, -0.25) is 9.78 Å². The van der Waals surface area contributed by atoms with Gasteiger partial charge in [-0.1, -0.05) is 6.07 Å².